The van der Waals surface area contributed by atoms with E-state index in [2.05, 4.69) is 11.2 Å². The molecule has 0 saturated heterocycles. The first-order valence-corrected chi connectivity index (χ1v) is 9.31. The molecule has 0 N–H and O–H groups in total. The van der Waals surface area contributed by atoms with Gasteiger partial charge in [-0.25, -0.2) is 4.68 Å². The summed E-state index contributed by atoms with van der Waals surface area (Å²) in [6, 6.07) is 12.9. The van der Waals surface area contributed by atoms with Crippen LogP contribution in [0.25, 0.3) is 0 Å². The van der Waals surface area contributed by atoms with E-state index >= 15 is 0 Å². The highest BCUT2D eigenvalue weighted by molar-refractivity contribution is 6.11. The average molecular weight is 376 g/mol. The van der Waals surface area contributed by atoms with Crippen molar-refractivity contribution in [2.75, 3.05) is 6.61 Å². The molecule has 0 radical (unpaired) electrons. The molecule has 0 unspecified atom stereocenters. The van der Waals surface area contributed by atoms with Crippen LogP contribution in [0.15, 0.2) is 48.7 Å². The van der Waals surface area contributed by atoms with E-state index in [9.17, 15) is 9.59 Å². The van der Waals surface area contributed by atoms with Crippen LogP contribution < -0.4 is 4.74 Å². The minimum absolute atomic E-state index is 0.147. The zero-order valence-corrected chi connectivity index (χ0v) is 16.7. The lowest BCUT2D eigenvalue weighted by molar-refractivity contribution is 0.0907. The zero-order valence-electron chi connectivity index (χ0n) is 16.7. The molecule has 5 heteroatoms. The van der Waals surface area contributed by atoms with Gasteiger partial charge < -0.3 is 4.74 Å². The fourth-order valence-electron chi connectivity index (χ4n) is 3.17. The molecule has 0 saturated carbocycles. The van der Waals surface area contributed by atoms with Crippen LogP contribution in [-0.4, -0.2) is 28.0 Å². The molecule has 144 valence electrons. The largest absolute Gasteiger partial charge is 0.469 e. The van der Waals surface area contributed by atoms with Crippen LogP contribution in [0.1, 0.15) is 49.9 Å². The van der Waals surface area contributed by atoms with Gasteiger partial charge in [0.2, 0.25) is 5.88 Å². The Labute approximate surface area is 165 Å². The van der Waals surface area contributed by atoms with Crippen LogP contribution >= 0.6 is 0 Å². The molecule has 3 rings (SSSR count). The number of ether oxygens (including phenoxy) is 1. The fourth-order valence-corrected chi connectivity index (χ4v) is 3.17. The van der Waals surface area contributed by atoms with Crippen molar-refractivity contribution in [2.45, 2.75) is 34.2 Å². The lowest BCUT2D eigenvalue weighted by Crippen LogP contribution is -2.16. The molecule has 0 aliphatic heterocycles. The van der Waals surface area contributed by atoms with Gasteiger partial charge in [-0.2, -0.15) is 5.10 Å². The number of aromatic nitrogens is 2. The minimum atomic E-state index is -0.151. The van der Waals surface area contributed by atoms with Crippen LogP contribution in [0.4, 0.5) is 0 Å². The summed E-state index contributed by atoms with van der Waals surface area (Å²) in [7, 11) is 0. The number of carbonyl (C=O) groups excluding carboxylic acids is 2. The van der Waals surface area contributed by atoms with Gasteiger partial charge in [-0.3, -0.25) is 9.59 Å². The predicted octanol–water partition coefficient (Wildman–Crippen LogP) is 4.32. The van der Waals surface area contributed by atoms with E-state index in [1.54, 1.807) is 28.9 Å². The first kappa shape index (κ1) is 19.5. The Kier molecular flexibility index (Phi) is 5.73. The number of benzene rings is 2. The van der Waals surface area contributed by atoms with Crippen LogP contribution in [-0.2, 0) is 6.54 Å². The van der Waals surface area contributed by atoms with Crippen LogP contribution in [0, 0.1) is 20.8 Å². The number of Topliss-reactive ketones (excluding diaryl/α,β-unsaturated/α-hetero) is 1. The normalized spacial score (nSPS) is 10.7. The summed E-state index contributed by atoms with van der Waals surface area (Å²) in [6.45, 7) is 8.19. The molecule has 0 atom stereocenters. The fraction of sp³-hybridized carbons (Fsp3) is 0.261. The summed E-state index contributed by atoms with van der Waals surface area (Å²) in [5.41, 5.74) is 4.60. The Morgan fingerprint density at radius 3 is 2.43 bits per heavy atom. The van der Waals surface area contributed by atoms with E-state index in [1.165, 1.54) is 6.20 Å². The second kappa shape index (κ2) is 8.21. The number of hydrogen-bond acceptors (Lipinski definition) is 4. The first-order chi connectivity index (χ1) is 13.4. The van der Waals surface area contributed by atoms with Crippen molar-refractivity contribution < 1.29 is 14.3 Å². The third-order valence-electron chi connectivity index (χ3n) is 4.83. The minimum Gasteiger partial charge on any atom is -0.469 e. The molecule has 2 aromatic carbocycles. The third kappa shape index (κ3) is 3.88. The Morgan fingerprint density at radius 2 is 1.75 bits per heavy atom. The Hall–Kier alpha value is -3.21. The maximum Gasteiger partial charge on any atom is 0.223 e. The molecular formula is C23H24N2O3. The molecule has 1 aromatic heterocycles. The number of rotatable bonds is 7. The topological polar surface area (TPSA) is 61.2 Å². The van der Waals surface area contributed by atoms with Crippen LogP contribution in [0.5, 0.6) is 5.88 Å². The van der Waals surface area contributed by atoms with Crippen molar-refractivity contribution in [1.82, 2.24) is 9.78 Å². The van der Waals surface area contributed by atoms with Gasteiger partial charge in [0.05, 0.1) is 6.20 Å². The number of nitrogens with zero attached hydrogens (tertiary/aromatic N) is 2. The quantitative estimate of drug-likeness (QED) is 0.576. The lowest BCUT2D eigenvalue weighted by atomic mass is 9.95. The molecule has 0 aliphatic carbocycles. The van der Waals surface area contributed by atoms with Crippen molar-refractivity contribution >= 4 is 11.6 Å². The van der Waals surface area contributed by atoms with E-state index in [1.807, 2.05) is 39.8 Å². The molecule has 5 nitrogen and oxygen atoms in total. The molecule has 0 aliphatic rings. The van der Waals surface area contributed by atoms with Gasteiger partial charge in [0.25, 0.3) is 0 Å². The van der Waals surface area contributed by atoms with Gasteiger partial charge in [0.1, 0.15) is 5.56 Å². The van der Waals surface area contributed by atoms with Gasteiger partial charge in [0, 0.05) is 17.7 Å². The second-order valence-electron chi connectivity index (χ2n) is 6.84. The molecule has 0 spiro atoms. The summed E-state index contributed by atoms with van der Waals surface area (Å²) in [5.74, 6) is 0.0342. The maximum absolute atomic E-state index is 13.2. The number of aryl methyl sites for hydroxylation is 3. The van der Waals surface area contributed by atoms with Gasteiger partial charge in [-0.15, -0.1) is 0 Å². The smallest absolute Gasteiger partial charge is 0.223 e. The average Bonchev–Trinajstić information content (AvgIpc) is 3.11. The SMILES string of the molecule is CCn1ncc(C(=O)c2cc(C)cc(C)c2C)c1OCC(=O)c1ccccc1. The summed E-state index contributed by atoms with van der Waals surface area (Å²) in [4.78, 5) is 25.6. The summed E-state index contributed by atoms with van der Waals surface area (Å²) in [5, 5.41) is 4.27. The molecular weight excluding hydrogens is 352 g/mol. The standard InChI is InChI=1S/C23H24N2O3/c1-5-25-23(28-14-21(26)18-9-7-6-8-10-18)20(13-24-25)22(27)19-12-15(2)11-16(3)17(19)4/h6-13H,5,14H2,1-4H3. The third-order valence-corrected chi connectivity index (χ3v) is 4.83. The van der Waals surface area contributed by atoms with Crippen molar-refractivity contribution in [3.05, 3.63) is 82.0 Å². The van der Waals surface area contributed by atoms with E-state index in [4.69, 9.17) is 4.74 Å². The van der Waals surface area contributed by atoms with Crippen LogP contribution in [0.2, 0.25) is 0 Å². The molecule has 0 fully saturated rings. The summed E-state index contributed by atoms with van der Waals surface area (Å²) < 4.78 is 7.39. The predicted molar refractivity (Wildman–Crippen MR) is 108 cm³/mol. The zero-order chi connectivity index (χ0) is 20.3. The van der Waals surface area contributed by atoms with Crippen molar-refractivity contribution in [2.24, 2.45) is 0 Å². The maximum atomic E-state index is 13.2. The van der Waals surface area contributed by atoms with Crippen molar-refractivity contribution in [3.63, 3.8) is 0 Å². The van der Waals surface area contributed by atoms with Crippen LogP contribution in [0.3, 0.4) is 0 Å². The second-order valence-corrected chi connectivity index (χ2v) is 6.84. The molecule has 1 heterocycles. The van der Waals surface area contributed by atoms with Crippen molar-refractivity contribution in [3.8, 4) is 5.88 Å². The van der Waals surface area contributed by atoms with E-state index in [-0.39, 0.29) is 18.2 Å². The molecule has 0 amide bonds. The van der Waals surface area contributed by atoms with E-state index in [0.717, 1.165) is 16.7 Å². The molecule has 3 aromatic rings. The van der Waals surface area contributed by atoms with E-state index in [0.29, 0.717) is 29.1 Å². The van der Waals surface area contributed by atoms with Crippen molar-refractivity contribution in [1.29, 1.82) is 0 Å². The van der Waals surface area contributed by atoms with Gasteiger partial charge in [0.15, 0.2) is 18.2 Å². The highest BCUT2D eigenvalue weighted by Crippen LogP contribution is 2.25. The first-order valence-electron chi connectivity index (χ1n) is 9.31. The highest BCUT2D eigenvalue weighted by atomic mass is 16.5. The monoisotopic (exact) mass is 376 g/mol. The Bertz CT molecular complexity index is 1020. The number of ketones is 2. The molecule has 0 bridgehead atoms. The lowest BCUT2D eigenvalue weighted by Gasteiger charge is -2.12. The number of carbonyl (C=O) groups is 2. The van der Waals surface area contributed by atoms with Gasteiger partial charge in [-0.1, -0.05) is 42.0 Å². The summed E-state index contributed by atoms with van der Waals surface area (Å²) >= 11 is 0. The Morgan fingerprint density at radius 1 is 1.04 bits per heavy atom. The van der Waals surface area contributed by atoms with E-state index < -0.39 is 0 Å². The Balaban J connectivity index is 1.90. The number of hydrogen-bond donors (Lipinski definition) is 0. The van der Waals surface area contributed by atoms with Gasteiger partial charge in [-0.05, 0) is 44.9 Å². The highest BCUT2D eigenvalue weighted by Gasteiger charge is 2.23. The molecule has 28 heavy (non-hydrogen) atoms. The summed E-state index contributed by atoms with van der Waals surface area (Å²) in [6.07, 6.45) is 1.52. The van der Waals surface area contributed by atoms with Gasteiger partial charge >= 0.3 is 0 Å².